The minimum absolute atomic E-state index is 0. The monoisotopic (exact) mass is 386 g/mol. The number of hydrogen-bond donors (Lipinski definition) is 0. The van der Waals surface area contributed by atoms with Crippen molar-refractivity contribution in [2.75, 3.05) is 0 Å². The van der Waals surface area contributed by atoms with Gasteiger partial charge in [-0.3, -0.25) is 0 Å². The van der Waals surface area contributed by atoms with E-state index in [9.17, 15) is 0 Å². The topological polar surface area (TPSA) is 0 Å². The van der Waals surface area contributed by atoms with Gasteiger partial charge in [-0.2, -0.15) is 0 Å². The maximum Gasteiger partial charge on any atom is -0.0178 e. The second-order valence-corrected chi connectivity index (χ2v) is 5.79. The molecule has 0 aliphatic heterocycles. The van der Waals surface area contributed by atoms with E-state index in [2.05, 4.69) is 112 Å². The van der Waals surface area contributed by atoms with Gasteiger partial charge in [-0.05, 0) is 48.6 Å². The predicted octanol–water partition coefficient (Wildman–Crippen LogP) is 9.21. The zero-order valence-electron chi connectivity index (χ0n) is 18.0. The molecule has 29 heavy (non-hydrogen) atoms. The zero-order valence-corrected chi connectivity index (χ0v) is 18.0. The number of aryl methyl sites for hydroxylation is 1. The molecule has 0 bridgehead atoms. The van der Waals surface area contributed by atoms with E-state index in [1.807, 2.05) is 26.8 Å². The number of rotatable bonds is 3. The minimum atomic E-state index is 0. The van der Waals surface area contributed by atoms with E-state index >= 15 is 0 Å². The number of hydrogen-bond acceptors (Lipinski definition) is 0. The lowest BCUT2D eigenvalue weighted by molar-refractivity contribution is 1.22. The van der Waals surface area contributed by atoms with E-state index in [1.54, 1.807) is 0 Å². The summed E-state index contributed by atoms with van der Waals surface area (Å²) in [5.41, 5.74) is 6.35. The molecule has 0 N–H and O–H groups in total. The minimum Gasteiger partial charge on any atom is -0.124 e. The third-order valence-electron chi connectivity index (χ3n) is 3.83. The van der Waals surface area contributed by atoms with Crippen molar-refractivity contribution in [1.82, 2.24) is 0 Å². The SMILES string of the molecule is C.C#C.C/C=C\CC.CC.Cc1ccc(-c2cccc(-c3ccccc3)c2)cc1. The maximum atomic E-state index is 4.00. The van der Waals surface area contributed by atoms with Gasteiger partial charge in [0.2, 0.25) is 0 Å². The van der Waals surface area contributed by atoms with Gasteiger partial charge < -0.3 is 0 Å². The molecule has 0 saturated carbocycles. The van der Waals surface area contributed by atoms with Crippen LogP contribution in [0.2, 0.25) is 0 Å². The molecular formula is C29H38. The summed E-state index contributed by atoms with van der Waals surface area (Å²) in [6.45, 7) is 10.3. The fourth-order valence-corrected chi connectivity index (χ4v) is 2.49. The van der Waals surface area contributed by atoms with E-state index in [1.165, 1.54) is 27.8 Å². The van der Waals surface area contributed by atoms with Crippen LogP contribution in [0.5, 0.6) is 0 Å². The zero-order chi connectivity index (χ0) is 21.2. The van der Waals surface area contributed by atoms with Crippen LogP contribution in [0, 0.1) is 19.8 Å². The standard InChI is InChI=1S/C19H16.C5H10.C2H6.C2H2.CH4/c1-15-10-12-17(13-11-15)19-9-5-8-18(14-19)16-6-3-2-4-7-16;1-3-5-4-2;2*1-2;/h2-14H,1H3;3,5H,4H2,1-2H3;1-2H3;1-2H;1H4/b;5-3-;;;. The first kappa shape index (κ1) is 28.2. The van der Waals surface area contributed by atoms with E-state index in [0.29, 0.717) is 0 Å². The first-order valence-electron chi connectivity index (χ1n) is 9.91. The Morgan fingerprint density at radius 1 is 0.690 bits per heavy atom. The maximum absolute atomic E-state index is 4.00. The summed E-state index contributed by atoms with van der Waals surface area (Å²) in [5, 5.41) is 0. The summed E-state index contributed by atoms with van der Waals surface area (Å²) >= 11 is 0. The second-order valence-electron chi connectivity index (χ2n) is 5.79. The molecule has 0 aliphatic rings. The van der Waals surface area contributed by atoms with Gasteiger partial charge in [0.1, 0.15) is 0 Å². The van der Waals surface area contributed by atoms with Gasteiger partial charge in [-0.25, -0.2) is 0 Å². The first-order chi connectivity index (χ1) is 13.7. The Balaban J connectivity index is 0. The molecule has 3 aromatic carbocycles. The average molecular weight is 387 g/mol. The Kier molecular flexibility index (Phi) is 17.8. The summed E-state index contributed by atoms with van der Waals surface area (Å²) in [6, 6.07) is 27.9. The molecule has 0 unspecified atom stereocenters. The summed E-state index contributed by atoms with van der Waals surface area (Å²) < 4.78 is 0. The molecule has 3 aromatic rings. The van der Waals surface area contributed by atoms with E-state index in [4.69, 9.17) is 0 Å². The quantitative estimate of drug-likeness (QED) is 0.311. The molecule has 154 valence electrons. The Morgan fingerprint density at radius 2 is 1.14 bits per heavy atom. The van der Waals surface area contributed by atoms with Crippen molar-refractivity contribution in [3.8, 4) is 35.1 Å². The van der Waals surface area contributed by atoms with E-state index in [-0.39, 0.29) is 7.43 Å². The van der Waals surface area contributed by atoms with Crippen LogP contribution in [0.15, 0.2) is 91.0 Å². The van der Waals surface area contributed by atoms with Crippen LogP contribution in [0.3, 0.4) is 0 Å². The van der Waals surface area contributed by atoms with Gasteiger partial charge in [0, 0.05) is 0 Å². The molecule has 0 aliphatic carbocycles. The molecule has 3 rings (SSSR count). The van der Waals surface area contributed by atoms with Gasteiger partial charge in [0.25, 0.3) is 0 Å². The third kappa shape index (κ3) is 10.8. The highest BCUT2D eigenvalue weighted by Crippen LogP contribution is 2.26. The molecule has 0 radical (unpaired) electrons. The van der Waals surface area contributed by atoms with Crippen LogP contribution in [-0.2, 0) is 0 Å². The third-order valence-corrected chi connectivity index (χ3v) is 3.83. The summed E-state index contributed by atoms with van der Waals surface area (Å²) in [7, 11) is 0. The second kappa shape index (κ2) is 18.3. The average Bonchev–Trinajstić information content (AvgIpc) is 2.79. The van der Waals surface area contributed by atoms with Gasteiger partial charge in [0.05, 0.1) is 0 Å². The molecule has 0 spiro atoms. The van der Waals surface area contributed by atoms with Crippen LogP contribution < -0.4 is 0 Å². The Labute approximate surface area is 180 Å². The van der Waals surface area contributed by atoms with E-state index < -0.39 is 0 Å². The summed E-state index contributed by atoms with van der Waals surface area (Å²) in [6.07, 6.45) is 13.3. The highest BCUT2D eigenvalue weighted by Gasteiger charge is 2.00. The number of terminal acetylenes is 1. The molecule has 0 amide bonds. The lowest BCUT2D eigenvalue weighted by atomic mass is 9.99. The van der Waals surface area contributed by atoms with Crippen molar-refractivity contribution >= 4 is 0 Å². The molecular weight excluding hydrogens is 348 g/mol. The first-order valence-corrected chi connectivity index (χ1v) is 9.91. The lowest BCUT2D eigenvalue weighted by Gasteiger charge is -2.06. The van der Waals surface area contributed by atoms with Crippen molar-refractivity contribution in [1.29, 1.82) is 0 Å². The van der Waals surface area contributed by atoms with Gasteiger partial charge >= 0.3 is 0 Å². The predicted molar refractivity (Wildman–Crippen MR) is 135 cm³/mol. The van der Waals surface area contributed by atoms with Crippen molar-refractivity contribution in [2.45, 2.75) is 48.5 Å². The lowest BCUT2D eigenvalue weighted by Crippen LogP contribution is -1.81. The van der Waals surface area contributed by atoms with Crippen LogP contribution in [0.4, 0.5) is 0 Å². The van der Waals surface area contributed by atoms with Crippen molar-refractivity contribution in [3.63, 3.8) is 0 Å². The molecule has 0 heterocycles. The molecule has 0 nitrogen and oxygen atoms in total. The fraction of sp³-hybridized carbons (Fsp3) is 0.241. The number of benzene rings is 3. The fourth-order valence-electron chi connectivity index (χ4n) is 2.49. The molecule has 0 aromatic heterocycles. The Bertz CT molecular complexity index is 790. The normalized spacial score (nSPS) is 8.79. The van der Waals surface area contributed by atoms with Gasteiger partial charge in [0.15, 0.2) is 0 Å². The smallest absolute Gasteiger partial charge is 0.0178 e. The Morgan fingerprint density at radius 3 is 1.55 bits per heavy atom. The van der Waals surface area contributed by atoms with Crippen LogP contribution in [0.25, 0.3) is 22.3 Å². The molecule has 0 saturated heterocycles. The van der Waals surface area contributed by atoms with Crippen molar-refractivity contribution in [3.05, 3.63) is 96.6 Å². The summed E-state index contributed by atoms with van der Waals surface area (Å²) in [5.74, 6) is 0. The highest BCUT2D eigenvalue weighted by atomic mass is 14.1. The summed E-state index contributed by atoms with van der Waals surface area (Å²) in [4.78, 5) is 0. The highest BCUT2D eigenvalue weighted by molar-refractivity contribution is 5.73. The van der Waals surface area contributed by atoms with Crippen molar-refractivity contribution in [2.24, 2.45) is 0 Å². The van der Waals surface area contributed by atoms with Gasteiger partial charge in [-0.15, -0.1) is 12.8 Å². The Hall–Kier alpha value is -3.04. The molecule has 0 fully saturated rings. The largest absolute Gasteiger partial charge is 0.124 e. The molecule has 0 heteroatoms. The van der Waals surface area contributed by atoms with E-state index in [0.717, 1.165) is 6.42 Å². The van der Waals surface area contributed by atoms with Crippen LogP contribution >= 0.6 is 0 Å². The molecule has 0 atom stereocenters. The van der Waals surface area contributed by atoms with Crippen LogP contribution in [0.1, 0.15) is 47.1 Å². The van der Waals surface area contributed by atoms with Crippen molar-refractivity contribution < 1.29 is 0 Å². The number of allylic oxidation sites excluding steroid dienone is 2. The van der Waals surface area contributed by atoms with Crippen LogP contribution in [-0.4, -0.2) is 0 Å². The van der Waals surface area contributed by atoms with Gasteiger partial charge in [-0.1, -0.05) is 119 Å².